The summed E-state index contributed by atoms with van der Waals surface area (Å²) in [5.41, 5.74) is 10.4. The van der Waals surface area contributed by atoms with Crippen molar-refractivity contribution in [1.82, 2.24) is 9.78 Å². The molecule has 0 aliphatic carbocycles. The van der Waals surface area contributed by atoms with Crippen molar-refractivity contribution in [3.63, 3.8) is 0 Å². The lowest BCUT2D eigenvalue weighted by atomic mass is 10.1. The third-order valence-electron chi connectivity index (χ3n) is 3.40. The van der Waals surface area contributed by atoms with Crippen molar-refractivity contribution in [2.45, 2.75) is 13.1 Å². The maximum Gasteiger partial charge on any atom is 0.0731 e. The van der Waals surface area contributed by atoms with Gasteiger partial charge in [-0.05, 0) is 17.7 Å². The second kappa shape index (κ2) is 6.24. The number of nitrogens with two attached hydrogens (primary N) is 1. The molecule has 0 unspecified atom stereocenters. The van der Waals surface area contributed by atoms with E-state index < -0.39 is 0 Å². The molecule has 3 aromatic rings. The monoisotopic (exact) mass is 341 g/mol. The van der Waals surface area contributed by atoms with Crippen LogP contribution in [0.25, 0.3) is 11.3 Å². The van der Waals surface area contributed by atoms with Gasteiger partial charge in [-0.15, -0.1) is 0 Å². The molecular weight excluding hydrogens is 326 g/mol. The fourth-order valence-corrected chi connectivity index (χ4v) is 2.88. The van der Waals surface area contributed by atoms with E-state index in [1.165, 1.54) is 5.56 Å². The van der Waals surface area contributed by atoms with Crippen LogP contribution in [-0.4, -0.2) is 9.78 Å². The molecule has 0 atom stereocenters. The van der Waals surface area contributed by atoms with E-state index in [9.17, 15) is 0 Å². The Kier molecular flexibility index (Phi) is 4.18. The van der Waals surface area contributed by atoms with Gasteiger partial charge >= 0.3 is 0 Å². The molecule has 3 nitrogen and oxygen atoms in total. The van der Waals surface area contributed by atoms with Crippen LogP contribution in [0, 0.1) is 0 Å². The van der Waals surface area contributed by atoms with Crippen LogP contribution in [0.1, 0.15) is 11.1 Å². The topological polar surface area (TPSA) is 43.8 Å². The largest absolute Gasteiger partial charge is 0.326 e. The first-order chi connectivity index (χ1) is 10.3. The van der Waals surface area contributed by atoms with Crippen molar-refractivity contribution in [3.8, 4) is 11.3 Å². The van der Waals surface area contributed by atoms with E-state index in [0.29, 0.717) is 6.54 Å². The first-order valence-corrected chi connectivity index (χ1v) is 7.62. The average molecular weight is 342 g/mol. The zero-order chi connectivity index (χ0) is 14.7. The Balaban J connectivity index is 2.02. The Hall–Kier alpha value is -1.91. The van der Waals surface area contributed by atoms with Gasteiger partial charge in [-0.3, -0.25) is 4.68 Å². The number of nitrogens with zero attached hydrogens (tertiary/aromatic N) is 2. The quantitative estimate of drug-likeness (QED) is 0.783. The van der Waals surface area contributed by atoms with E-state index in [0.717, 1.165) is 27.8 Å². The average Bonchev–Trinajstić information content (AvgIpc) is 2.91. The molecular formula is C17H16BrN3. The summed E-state index contributed by atoms with van der Waals surface area (Å²) < 4.78 is 3.09. The minimum Gasteiger partial charge on any atom is -0.326 e. The number of hydrogen-bond acceptors (Lipinski definition) is 2. The summed E-state index contributed by atoms with van der Waals surface area (Å²) in [7, 11) is 0. The molecule has 21 heavy (non-hydrogen) atoms. The summed E-state index contributed by atoms with van der Waals surface area (Å²) in [5, 5.41) is 4.51. The summed E-state index contributed by atoms with van der Waals surface area (Å²) in [5.74, 6) is 0. The zero-order valence-electron chi connectivity index (χ0n) is 11.5. The molecule has 2 N–H and O–H groups in total. The van der Waals surface area contributed by atoms with Crippen molar-refractivity contribution < 1.29 is 0 Å². The lowest BCUT2D eigenvalue weighted by molar-refractivity contribution is 0.693. The predicted molar refractivity (Wildman–Crippen MR) is 88.8 cm³/mol. The van der Waals surface area contributed by atoms with Crippen LogP contribution < -0.4 is 5.73 Å². The van der Waals surface area contributed by atoms with E-state index in [4.69, 9.17) is 5.73 Å². The van der Waals surface area contributed by atoms with Crippen molar-refractivity contribution >= 4 is 15.9 Å². The number of benzene rings is 2. The minimum atomic E-state index is 0.489. The molecule has 0 bridgehead atoms. The van der Waals surface area contributed by atoms with Gasteiger partial charge in [0.2, 0.25) is 0 Å². The number of aromatic nitrogens is 2. The summed E-state index contributed by atoms with van der Waals surface area (Å²) in [6.45, 7) is 1.21. The molecule has 0 radical (unpaired) electrons. The highest BCUT2D eigenvalue weighted by Crippen LogP contribution is 2.24. The van der Waals surface area contributed by atoms with E-state index >= 15 is 0 Å². The molecule has 106 valence electrons. The highest BCUT2D eigenvalue weighted by Gasteiger charge is 2.12. The second-order valence-corrected chi connectivity index (χ2v) is 5.79. The fourth-order valence-electron chi connectivity index (χ4n) is 2.43. The Morgan fingerprint density at radius 1 is 1.05 bits per heavy atom. The van der Waals surface area contributed by atoms with Gasteiger partial charge in [0.1, 0.15) is 0 Å². The normalized spacial score (nSPS) is 10.8. The predicted octanol–water partition coefficient (Wildman–Crippen LogP) is 3.82. The third-order valence-corrected chi connectivity index (χ3v) is 3.90. The van der Waals surface area contributed by atoms with Crippen molar-refractivity contribution in [1.29, 1.82) is 0 Å². The number of rotatable bonds is 4. The Morgan fingerprint density at radius 2 is 1.86 bits per heavy atom. The molecule has 0 amide bonds. The lowest BCUT2D eigenvalue weighted by Crippen LogP contribution is -2.05. The molecule has 0 saturated carbocycles. The molecule has 3 rings (SSSR count). The molecule has 1 heterocycles. The highest BCUT2D eigenvalue weighted by molar-refractivity contribution is 9.10. The van der Waals surface area contributed by atoms with Gasteiger partial charge in [0.15, 0.2) is 0 Å². The van der Waals surface area contributed by atoms with Gasteiger partial charge in [-0.25, -0.2) is 0 Å². The van der Waals surface area contributed by atoms with Crippen LogP contribution in [-0.2, 0) is 13.1 Å². The van der Waals surface area contributed by atoms with Crippen LogP contribution in [0.4, 0.5) is 0 Å². The van der Waals surface area contributed by atoms with Gasteiger partial charge in [0.05, 0.1) is 18.4 Å². The number of hydrogen-bond donors (Lipinski definition) is 1. The van der Waals surface area contributed by atoms with E-state index in [1.54, 1.807) is 0 Å². The molecule has 4 heteroatoms. The molecule has 1 aromatic heterocycles. The third kappa shape index (κ3) is 3.06. The number of halogens is 1. The summed E-state index contributed by atoms with van der Waals surface area (Å²) in [6, 6.07) is 18.5. The first kappa shape index (κ1) is 14.0. The van der Waals surface area contributed by atoms with Crippen LogP contribution in [0.15, 0.2) is 65.3 Å². The van der Waals surface area contributed by atoms with Crippen molar-refractivity contribution in [2.75, 3.05) is 0 Å². The first-order valence-electron chi connectivity index (χ1n) is 6.82. The highest BCUT2D eigenvalue weighted by atomic mass is 79.9. The van der Waals surface area contributed by atoms with Gasteiger partial charge < -0.3 is 5.73 Å². The smallest absolute Gasteiger partial charge is 0.0731 e. The molecule has 0 aliphatic heterocycles. The summed E-state index contributed by atoms with van der Waals surface area (Å²) in [6.07, 6.45) is 1.86. The maximum absolute atomic E-state index is 5.86. The Bertz CT molecular complexity index is 735. The Labute approximate surface area is 132 Å². The van der Waals surface area contributed by atoms with Crippen LogP contribution in [0.2, 0.25) is 0 Å². The van der Waals surface area contributed by atoms with E-state index in [-0.39, 0.29) is 0 Å². The molecule has 2 aromatic carbocycles. The lowest BCUT2D eigenvalue weighted by Gasteiger charge is -2.10. The van der Waals surface area contributed by atoms with E-state index in [1.807, 2.05) is 41.2 Å². The summed E-state index contributed by atoms with van der Waals surface area (Å²) >= 11 is 3.51. The molecule has 0 aliphatic rings. The second-order valence-electron chi connectivity index (χ2n) is 4.88. The zero-order valence-corrected chi connectivity index (χ0v) is 13.1. The van der Waals surface area contributed by atoms with Crippen LogP contribution in [0.5, 0.6) is 0 Å². The summed E-state index contributed by atoms with van der Waals surface area (Å²) in [4.78, 5) is 0. The molecule has 0 saturated heterocycles. The van der Waals surface area contributed by atoms with Crippen LogP contribution in [0.3, 0.4) is 0 Å². The van der Waals surface area contributed by atoms with Crippen LogP contribution >= 0.6 is 15.9 Å². The standard InChI is InChI=1S/C17H16BrN3/c18-16-8-4-5-13(9-16)12-21-17(15(10-19)11-20-21)14-6-2-1-3-7-14/h1-9,11H,10,12,19H2. The Morgan fingerprint density at radius 3 is 2.57 bits per heavy atom. The van der Waals surface area contributed by atoms with Crippen molar-refractivity contribution in [2.24, 2.45) is 5.73 Å². The minimum absolute atomic E-state index is 0.489. The van der Waals surface area contributed by atoms with Gasteiger partial charge in [0.25, 0.3) is 0 Å². The van der Waals surface area contributed by atoms with E-state index in [2.05, 4.69) is 45.3 Å². The van der Waals surface area contributed by atoms with Gasteiger partial charge in [-0.2, -0.15) is 5.10 Å². The molecule has 0 spiro atoms. The fraction of sp³-hybridized carbons (Fsp3) is 0.118. The SMILES string of the molecule is NCc1cnn(Cc2cccc(Br)c2)c1-c1ccccc1. The van der Waals surface area contributed by atoms with Gasteiger partial charge in [-0.1, -0.05) is 58.4 Å². The molecule has 0 fully saturated rings. The maximum atomic E-state index is 5.86. The van der Waals surface area contributed by atoms with Gasteiger partial charge in [0, 0.05) is 22.1 Å². The van der Waals surface area contributed by atoms with Crippen molar-refractivity contribution in [3.05, 3.63) is 76.4 Å².